The minimum Gasteiger partial charge on any atom is -0.361 e. The monoisotopic (exact) mass is 374 g/mol. The molecular formula is C23H19ClN2O. The molecule has 27 heavy (non-hydrogen) atoms. The highest BCUT2D eigenvalue weighted by atomic mass is 35.5. The molecule has 4 rings (SSSR count). The molecule has 0 amide bonds. The topological polar surface area (TPSA) is 52.9 Å². The van der Waals surface area contributed by atoms with Crippen molar-refractivity contribution in [2.75, 3.05) is 0 Å². The summed E-state index contributed by atoms with van der Waals surface area (Å²) in [6.45, 7) is 1.88. The maximum atomic E-state index is 13.2. The quantitative estimate of drug-likeness (QED) is 0.797. The predicted octanol–water partition coefficient (Wildman–Crippen LogP) is 5.08. The third-order valence-electron chi connectivity index (χ3n) is 5.45. The number of benzene rings is 2. The maximum Gasteiger partial charge on any atom is 0.143 e. The van der Waals surface area contributed by atoms with Gasteiger partial charge in [-0.2, -0.15) is 5.26 Å². The average molecular weight is 375 g/mol. The molecule has 0 bridgehead atoms. The van der Waals surface area contributed by atoms with E-state index in [1.54, 1.807) is 0 Å². The number of hydrogen-bond donors (Lipinski definition) is 1. The minimum absolute atomic E-state index is 0.0424. The van der Waals surface area contributed by atoms with Gasteiger partial charge in [0, 0.05) is 34.7 Å². The zero-order valence-corrected chi connectivity index (χ0v) is 15.7. The van der Waals surface area contributed by atoms with E-state index in [1.807, 2.05) is 61.5 Å². The number of nitrogens with zero attached hydrogens (tertiary/aromatic N) is 1. The first-order valence-corrected chi connectivity index (χ1v) is 9.39. The highest BCUT2D eigenvalue weighted by molar-refractivity contribution is 6.31. The fourth-order valence-corrected chi connectivity index (χ4v) is 4.45. The maximum absolute atomic E-state index is 13.2. The SMILES string of the molecule is CC1=C(C#N)C(c2ccccc2Cl)C2C(=O)CC(c3ccccc3)C=C2N1. The molecule has 1 N–H and O–H groups in total. The van der Waals surface area contributed by atoms with Gasteiger partial charge in [0.2, 0.25) is 0 Å². The van der Waals surface area contributed by atoms with Gasteiger partial charge in [0.05, 0.1) is 17.6 Å². The molecule has 2 aliphatic rings. The van der Waals surface area contributed by atoms with Gasteiger partial charge >= 0.3 is 0 Å². The molecular weight excluding hydrogens is 356 g/mol. The van der Waals surface area contributed by atoms with Crippen LogP contribution in [0, 0.1) is 17.2 Å². The van der Waals surface area contributed by atoms with E-state index < -0.39 is 5.92 Å². The molecule has 0 spiro atoms. The van der Waals surface area contributed by atoms with Gasteiger partial charge in [-0.1, -0.05) is 66.2 Å². The van der Waals surface area contributed by atoms with E-state index in [1.165, 1.54) is 0 Å². The van der Waals surface area contributed by atoms with E-state index >= 15 is 0 Å². The summed E-state index contributed by atoms with van der Waals surface area (Å²) in [6, 6.07) is 19.8. The van der Waals surface area contributed by atoms with Crippen LogP contribution in [0.5, 0.6) is 0 Å². The van der Waals surface area contributed by atoms with Crippen LogP contribution in [0.2, 0.25) is 5.02 Å². The Balaban J connectivity index is 1.84. The number of halogens is 1. The number of nitriles is 1. The van der Waals surface area contributed by atoms with Crippen LogP contribution in [0.15, 0.2) is 77.6 Å². The Bertz CT molecular complexity index is 1000. The van der Waals surface area contributed by atoms with Crippen LogP contribution >= 0.6 is 11.6 Å². The van der Waals surface area contributed by atoms with E-state index in [0.717, 1.165) is 22.5 Å². The summed E-state index contributed by atoms with van der Waals surface area (Å²) in [5.74, 6) is -0.566. The first kappa shape index (κ1) is 17.6. The number of rotatable bonds is 2. The average Bonchev–Trinajstić information content (AvgIpc) is 2.68. The fraction of sp³-hybridized carbons (Fsp3) is 0.217. The van der Waals surface area contributed by atoms with Crippen molar-refractivity contribution in [3.63, 3.8) is 0 Å². The normalized spacial score (nSPS) is 24.6. The van der Waals surface area contributed by atoms with E-state index in [4.69, 9.17) is 11.6 Å². The second kappa shape index (κ2) is 7.06. The van der Waals surface area contributed by atoms with Gasteiger partial charge in [-0.25, -0.2) is 0 Å². The number of nitrogens with one attached hydrogen (secondary N) is 1. The molecule has 2 aromatic carbocycles. The van der Waals surface area contributed by atoms with Crippen molar-refractivity contribution in [3.05, 3.63) is 93.8 Å². The zero-order chi connectivity index (χ0) is 19.0. The lowest BCUT2D eigenvalue weighted by molar-refractivity contribution is -0.123. The van der Waals surface area contributed by atoms with Gasteiger partial charge in [-0.05, 0) is 24.1 Å². The summed E-state index contributed by atoms with van der Waals surface area (Å²) < 4.78 is 0. The van der Waals surface area contributed by atoms with Crippen molar-refractivity contribution in [1.29, 1.82) is 5.26 Å². The van der Waals surface area contributed by atoms with Crippen LogP contribution in [0.25, 0.3) is 0 Å². The largest absolute Gasteiger partial charge is 0.361 e. The number of ketones is 1. The number of carbonyl (C=O) groups is 1. The van der Waals surface area contributed by atoms with Gasteiger partial charge in [-0.3, -0.25) is 4.79 Å². The zero-order valence-electron chi connectivity index (χ0n) is 14.9. The lowest BCUT2D eigenvalue weighted by Gasteiger charge is -2.38. The minimum atomic E-state index is -0.400. The van der Waals surface area contributed by atoms with Crippen molar-refractivity contribution in [2.24, 2.45) is 5.92 Å². The number of allylic oxidation sites excluding steroid dienone is 4. The number of fused-ring (bicyclic) bond motifs is 1. The predicted molar refractivity (Wildman–Crippen MR) is 106 cm³/mol. The Morgan fingerprint density at radius 2 is 1.78 bits per heavy atom. The van der Waals surface area contributed by atoms with Crippen LogP contribution in [0.1, 0.15) is 36.3 Å². The summed E-state index contributed by atoms with van der Waals surface area (Å²) in [7, 11) is 0. The van der Waals surface area contributed by atoms with Crippen molar-refractivity contribution in [1.82, 2.24) is 5.32 Å². The van der Waals surface area contributed by atoms with E-state index in [9.17, 15) is 10.1 Å². The summed E-state index contributed by atoms with van der Waals surface area (Å²) in [5.41, 5.74) is 4.20. The molecule has 4 heteroatoms. The third kappa shape index (κ3) is 3.07. The first-order chi connectivity index (χ1) is 13.1. The molecule has 0 saturated heterocycles. The highest BCUT2D eigenvalue weighted by Gasteiger charge is 2.43. The summed E-state index contributed by atoms with van der Waals surface area (Å²) in [5, 5.41) is 13.7. The molecule has 3 atom stereocenters. The second-order valence-electron chi connectivity index (χ2n) is 7.06. The Kier molecular flexibility index (Phi) is 4.59. The molecule has 0 radical (unpaired) electrons. The van der Waals surface area contributed by atoms with Gasteiger partial charge < -0.3 is 5.32 Å². The number of carbonyl (C=O) groups excluding carboxylic acids is 1. The number of hydrogen-bond acceptors (Lipinski definition) is 3. The van der Waals surface area contributed by atoms with E-state index in [2.05, 4.69) is 17.5 Å². The van der Waals surface area contributed by atoms with Gasteiger partial charge in [0.25, 0.3) is 0 Å². The van der Waals surface area contributed by atoms with Crippen LogP contribution in [-0.4, -0.2) is 5.78 Å². The Morgan fingerprint density at radius 3 is 2.48 bits per heavy atom. The molecule has 3 unspecified atom stereocenters. The Labute approximate surface area is 164 Å². The molecule has 3 nitrogen and oxygen atoms in total. The van der Waals surface area contributed by atoms with E-state index in [-0.39, 0.29) is 17.6 Å². The molecule has 1 aliphatic carbocycles. The van der Waals surface area contributed by atoms with Crippen molar-refractivity contribution >= 4 is 17.4 Å². The van der Waals surface area contributed by atoms with Gasteiger partial charge in [0.1, 0.15) is 5.78 Å². The smallest absolute Gasteiger partial charge is 0.143 e. The molecule has 2 aromatic rings. The van der Waals surface area contributed by atoms with Crippen molar-refractivity contribution in [2.45, 2.75) is 25.2 Å². The van der Waals surface area contributed by atoms with Crippen LogP contribution in [0.3, 0.4) is 0 Å². The lowest BCUT2D eigenvalue weighted by atomic mass is 9.69. The van der Waals surface area contributed by atoms with Gasteiger partial charge in [-0.15, -0.1) is 0 Å². The standard InChI is InChI=1S/C23H19ClN2O/c1-14-18(13-25)22(17-9-5-6-10-19(17)24)23-20(26-14)11-16(12-21(23)27)15-7-3-2-4-8-15/h2-11,16,22-23,26H,12H2,1H3. The summed E-state index contributed by atoms with van der Waals surface area (Å²) >= 11 is 6.45. The fourth-order valence-electron chi connectivity index (χ4n) is 4.20. The molecule has 0 saturated carbocycles. The second-order valence-corrected chi connectivity index (χ2v) is 7.47. The van der Waals surface area contributed by atoms with Crippen LogP contribution in [-0.2, 0) is 4.79 Å². The van der Waals surface area contributed by atoms with Crippen LogP contribution in [0.4, 0.5) is 0 Å². The highest BCUT2D eigenvalue weighted by Crippen LogP contribution is 2.46. The summed E-state index contributed by atoms with van der Waals surface area (Å²) in [4.78, 5) is 13.2. The van der Waals surface area contributed by atoms with Crippen molar-refractivity contribution < 1.29 is 4.79 Å². The third-order valence-corrected chi connectivity index (χ3v) is 5.80. The number of Topliss-reactive ketones (excluding diaryl/α,β-unsaturated/α-hetero) is 1. The molecule has 1 aliphatic heterocycles. The Hall–Kier alpha value is -2.83. The van der Waals surface area contributed by atoms with Gasteiger partial charge in [0.15, 0.2) is 0 Å². The first-order valence-electron chi connectivity index (χ1n) is 9.02. The lowest BCUT2D eigenvalue weighted by Crippen LogP contribution is -2.39. The molecule has 1 heterocycles. The molecule has 0 aromatic heterocycles. The van der Waals surface area contributed by atoms with E-state index in [0.29, 0.717) is 17.0 Å². The Morgan fingerprint density at radius 1 is 1.07 bits per heavy atom. The molecule has 0 fully saturated rings. The van der Waals surface area contributed by atoms with Crippen LogP contribution < -0.4 is 5.32 Å². The summed E-state index contributed by atoms with van der Waals surface area (Å²) in [6.07, 6.45) is 2.57. The van der Waals surface area contributed by atoms with Crippen molar-refractivity contribution in [3.8, 4) is 6.07 Å². The molecule has 134 valence electrons.